The summed E-state index contributed by atoms with van der Waals surface area (Å²) < 4.78 is 6.04. The van der Waals surface area contributed by atoms with Crippen molar-refractivity contribution in [2.24, 2.45) is 5.10 Å². The highest BCUT2D eigenvalue weighted by Gasteiger charge is 2.33. The maximum Gasteiger partial charge on any atom is 0.307 e. The van der Waals surface area contributed by atoms with Gasteiger partial charge in [0.05, 0.1) is 6.42 Å². The first-order valence-electron chi connectivity index (χ1n) is 9.53. The number of aliphatic carboxylic acids is 1. The van der Waals surface area contributed by atoms with Crippen LogP contribution in [0.2, 0.25) is 0 Å². The number of carbonyl (C=O) groups excluding carboxylic acids is 1. The topological polar surface area (TPSA) is 79.2 Å². The number of hydrogen-bond donors (Lipinski definition) is 1. The third kappa shape index (κ3) is 3.93. The number of amides is 1. The van der Waals surface area contributed by atoms with Gasteiger partial charge in [-0.15, -0.1) is 5.10 Å². The van der Waals surface area contributed by atoms with E-state index < -0.39 is 12.2 Å². The van der Waals surface area contributed by atoms with Crippen molar-refractivity contribution in [3.63, 3.8) is 0 Å². The molecule has 0 fully saturated rings. The van der Waals surface area contributed by atoms with E-state index in [0.717, 1.165) is 16.7 Å². The lowest BCUT2D eigenvalue weighted by Gasteiger charge is -2.19. The first-order chi connectivity index (χ1) is 14.5. The molecule has 0 bridgehead atoms. The van der Waals surface area contributed by atoms with Gasteiger partial charge in [0.2, 0.25) is 18.0 Å². The lowest BCUT2D eigenvalue weighted by molar-refractivity contribution is -0.136. The molecule has 0 spiro atoms. The Morgan fingerprint density at radius 2 is 1.57 bits per heavy atom. The van der Waals surface area contributed by atoms with Crippen LogP contribution in [0.1, 0.15) is 29.8 Å². The van der Waals surface area contributed by atoms with Crippen molar-refractivity contribution in [1.29, 1.82) is 0 Å². The maximum absolute atomic E-state index is 12.2. The van der Waals surface area contributed by atoms with Crippen LogP contribution in [0.3, 0.4) is 0 Å². The molecule has 1 unspecified atom stereocenters. The Hall–Kier alpha value is -3.93. The predicted octanol–water partition coefficient (Wildman–Crippen LogP) is 4.22. The second-order valence-corrected chi connectivity index (χ2v) is 6.95. The Bertz CT molecular complexity index is 1110. The minimum atomic E-state index is -0.947. The van der Waals surface area contributed by atoms with Crippen LogP contribution in [0, 0.1) is 0 Å². The van der Waals surface area contributed by atoms with Crippen LogP contribution < -0.4 is 0 Å². The molecule has 30 heavy (non-hydrogen) atoms. The first-order valence-corrected chi connectivity index (χ1v) is 9.53. The molecule has 3 aromatic rings. The molecular formula is C24H20N2O4. The van der Waals surface area contributed by atoms with Crippen molar-refractivity contribution < 1.29 is 19.4 Å². The van der Waals surface area contributed by atoms with Crippen molar-refractivity contribution >= 4 is 17.8 Å². The molecular weight excluding hydrogens is 380 g/mol. The van der Waals surface area contributed by atoms with Crippen LogP contribution in [0.25, 0.3) is 11.1 Å². The van der Waals surface area contributed by atoms with Crippen molar-refractivity contribution in [3.05, 3.63) is 95.6 Å². The summed E-state index contributed by atoms with van der Waals surface area (Å²) in [5.41, 5.74) is 4.07. The number of rotatable bonds is 5. The second kappa shape index (κ2) is 8.21. The van der Waals surface area contributed by atoms with Gasteiger partial charge in [0.15, 0.2) is 0 Å². The zero-order valence-corrected chi connectivity index (χ0v) is 16.4. The molecule has 1 aliphatic heterocycles. The number of benzene rings is 3. The van der Waals surface area contributed by atoms with Crippen molar-refractivity contribution in [1.82, 2.24) is 5.01 Å². The van der Waals surface area contributed by atoms with Gasteiger partial charge in [-0.25, -0.2) is 0 Å². The second-order valence-electron chi connectivity index (χ2n) is 6.95. The number of hydrazone groups is 1. The fourth-order valence-corrected chi connectivity index (χ4v) is 3.41. The minimum Gasteiger partial charge on any atom is -0.481 e. The predicted molar refractivity (Wildman–Crippen MR) is 113 cm³/mol. The lowest BCUT2D eigenvalue weighted by Crippen LogP contribution is -2.25. The van der Waals surface area contributed by atoms with Gasteiger partial charge in [-0.3, -0.25) is 9.59 Å². The van der Waals surface area contributed by atoms with E-state index in [4.69, 9.17) is 4.74 Å². The van der Waals surface area contributed by atoms with Gasteiger partial charge < -0.3 is 9.84 Å². The molecule has 0 saturated carbocycles. The summed E-state index contributed by atoms with van der Waals surface area (Å²) in [4.78, 5) is 23.4. The minimum absolute atomic E-state index is 0.158. The van der Waals surface area contributed by atoms with Crippen molar-refractivity contribution in [2.75, 3.05) is 0 Å². The number of carboxylic acids is 1. The number of carboxylic acid groups (broad SMARTS) is 1. The third-order valence-corrected chi connectivity index (χ3v) is 4.86. The summed E-state index contributed by atoms with van der Waals surface area (Å²) >= 11 is 0. The van der Waals surface area contributed by atoms with E-state index in [1.165, 1.54) is 11.9 Å². The number of hydrogen-bond acceptors (Lipinski definition) is 4. The monoisotopic (exact) mass is 400 g/mol. The van der Waals surface area contributed by atoms with Crippen LogP contribution in [-0.2, 0) is 20.7 Å². The Balaban J connectivity index is 1.63. The van der Waals surface area contributed by atoms with Gasteiger partial charge >= 0.3 is 5.97 Å². The zero-order valence-electron chi connectivity index (χ0n) is 16.4. The Labute approximate surface area is 174 Å². The molecule has 0 aliphatic carbocycles. The summed E-state index contributed by atoms with van der Waals surface area (Å²) in [5.74, 6) is -0.977. The first kappa shape index (κ1) is 19.4. The van der Waals surface area contributed by atoms with Gasteiger partial charge in [0.1, 0.15) is 0 Å². The SMILES string of the molecule is CC(=O)N1N=C(c2ccccc2CC(=O)O)OC1c1ccc(-c2ccccc2)cc1. The fraction of sp³-hybridized carbons (Fsp3) is 0.125. The number of carbonyl (C=O) groups is 2. The highest BCUT2D eigenvalue weighted by atomic mass is 16.5. The highest BCUT2D eigenvalue weighted by molar-refractivity contribution is 5.98. The molecule has 1 aliphatic rings. The van der Waals surface area contributed by atoms with E-state index in [2.05, 4.69) is 5.10 Å². The fourth-order valence-electron chi connectivity index (χ4n) is 3.41. The lowest BCUT2D eigenvalue weighted by atomic mass is 10.0. The van der Waals surface area contributed by atoms with Crippen LogP contribution in [-0.4, -0.2) is 27.9 Å². The average Bonchev–Trinajstić information content (AvgIpc) is 3.20. The van der Waals surface area contributed by atoms with Gasteiger partial charge in [0.25, 0.3) is 0 Å². The van der Waals surface area contributed by atoms with E-state index in [-0.39, 0.29) is 18.2 Å². The molecule has 1 atom stereocenters. The number of nitrogens with zero attached hydrogens (tertiary/aromatic N) is 2. The standard InChI is InChI=1S/C24H20N2O4/c1-16(27)26-24(19-13-11-18(12-14-19)17-7-3-2-4-8-17)30-23(25-26)21-10-6-5-9-20(21)15-22(28)29/h2-14,24H,15H2,1H3,(H,28,29). The van der Waals surface area contributed by atoms with E-state index in [1.807, 2.05) is 54.6 Å². The quantitative estimate of drug-likeness (QED) is 0.695. The smallest absolute Gasteiger partial charge is 0.307 e. The van der Waals surface area contributed by atoms with Crippen LogP contribution in [0.4, 0.5) is 0 Å². The van der Waals surface area contributed by atoms with Gasteiger partial charge in [0, 0.05) is 18.1 Å². The van der Waals surface area contributed by atoms with E-state index in [0.29, 0.717) is 11.1 Å². The van der Waals surface area contributed by atoms with Gasteiger partial charge in [-0.2, -0.15) is 5.01 Å². The summed E-state index contributed by atoms with van der Waals surface area (Å²) in [5, 5.41) is 14.8. The van der Waals surface area contributed by atoms with Crippen molar-refractivity contribution in [3.8, 4) is 11.1 Å². The molecule has 150 valence electrons. The van der Waals surface area contributed by atoms with Crippen LogP contribution in [0.5, 0.6) is 0 Å². The van der Waals surface area contributed by atoms with E-state index in [1.54, 1.807) is 24.3 Å². The Morgan fingerprint density at radius 3 is 2.23 bits per heavy atom. The van der Waals surface area contributed by atoms with Gasteiger partial charge in [-0.05, 0) is 22.8 Å². The Morgan fingerprint density at radius 1 is 0.933 bits per heavy atom. The number of ether oxygens (including phenoxy) is 1. The maximum atomic E-state index is 12.2. The third-order valence-electron chi connectivity index (χ3n) is 4.86. The largest absolute Gasteiger partial charge is 0.481 e. The summed E-state index contributed by atoms with van der Waals surface area (Å²) in [6.07, 6.45) is -0.866. The molecule has 6 heteroatoms. The summed E-state index contributed by atoms with van der Waals surface area (Å²) in [6, 6.07) is 24.8. The zero-order chi connectivity index (χ0) is 21.1. The van der Waals surface area contributed by atoms with Crippen molar-refractivity contribution in [2.45, 2.75) is 19.6 Å². The average molecular weight is 400 g/mol. The molecule has 0 radical (unpaired) electrons. The molecule has 1 amide bonds. The van der Waals surface area contributed by atoms with E-state index >= 15 is 0 Å². The molecule has 0 aromatic heterocycles. The molecule has 0 saturated heterocycles. The molecule has 1 N–H and O–H groups in total. The van der Waals surface area contributed by atoms with Crippen LogP contribution >= 0.6 is 0 Å². The normalized spacial score (nSPS) is 15.4. The van der Waals surface area contributed by atoms with Gasteiger partial charge in [-0.1, -0.05) is 72.8 Å². The molecule has 3 aromatic carbocycles. The summed E-state index contributed by atoms with van der Waals surface area (Å²) in [6.45, 7) is 1.42. The molecule has 1 heterocycles. The summed E-state index contributed by atoms with van der Waals surface area (Å²) in [7, 11) is 0. The molecule has 4 rings (SSSR count). The Kier molecular flexibility index (Phi) is 5.30. The molecule has 6 nitrogen and oxygen atoms in total. The highest BCUT2D eigenvalue weighted by Crippen LogP contribution is 2.32. The van der Waals surface area contributed by atoms with E-state index in [9.17, 15) is 14.7 Å². The van der Waals surface area contributed by atoms with Crippen LogP contribution in [0.15, 0.2) is 84.0 Å².